The van der Waals surface area contributed by atoms with Crippen molar-refractivity contribution >= 4 is 12.2 Å². The zero-order chi connectivity index (χ0) is 11.8. The van der Waals surface area contributed by atoms with Crippen LogP contribution in [0.1, 0.15) is 23.6 Å². The maximum absolute atomic E-state index is 5.73. The quantitative estimate of drug-likeness (QED) is 0.619. The van der Waals surface area contributed by atoms with Gasteiger partial charge in [0.1, 0.15) is 0 Å². The highest BCUT2D eigenvalue weighted by Gasteiger charge is 2.20. The Morgan fingerprint density at radius 3 is 2.65 bits per heavy atom. The molecule has 0 saturated carbocycles. The molecule has 4 heteroatoms. The standard InChI is InChI=1S/C13H15N3S/c14-16-8-7-15(13(16)17)12-6-5-10-3-1-2-4-11(10)9-12/h1-4,7-8,12H,5-6,9,14H2. The molecule has 1 heterocycles. The fourth-order valence-electron chi connectivity index (χ4n) is 2.60. The van der Waals surface area contributed by atoms with Crippen molar-refractivity contribution in [1.29, 1.82) is 0 Å². The van der Waals surface area contributed by atoms with E-state index in [1.165, 1.54) is 15.8 Å². The van der Waals surface area contributed by atoms with Crippen LogP contribution in [0.4, 0.5) is 0 Å². The second kappa shape index (κ2) is 4.04. The third-order valence-electron chi connectivity index (χ3n) is 3.54. The lowest BCUT2D eigenvalue weighted by Crippen LogP contribution is -2.19. The molecule has 0 bridgehead atoms. The predicted molar refractivity (Wildman–Crippen MR) is 70.9 cm³/mol. The van der Waals surface area contributed by atoms with Gasteiger partial charge in [-0.05, 0) is 42.6 Å². The molecule has 1 aromatic heterocycles. The molecule has 1 atom stereocenters. The van der Waals surface area contributed by atoms with Crippen molar-refractivity contribution in [3.8, 4) is 0 Å². The Morgan fingerprint density at radius 2 is 1.94 bits per heavy atom. The molecule has 3 nitrogen and oxygen atoms in total. The highest BCUT2D eigenvalue weighted by Crippen LogP contribution is 2.28. The smallest absolute Gasteiger partial charge is 0.198 e. The Labute approximate surface area is 105 Å². The molecule has 1 aliphatic rings. The molecule has 0 saturated heterocycles. The highest BCUT2D eigenvalue weighted by molar-refractivity contribution is 7.71. The van der Waals surface area contributed by atoms with E-state index in [2.05, 4.69) is 28.8 Å². The van der Waals surface area contributed by atoms with Crippen LogP contribution in [0.3, 0.4) is 0 Å². The number of nitrogens with two attached hydrogens (primary N) is 1. The molecule has 1 unspecified atom stereocenters. The highest BCUT2D eigenvalue weighted by atomic mass is 32.1. The second-order valence-electron chi connectivity index (χ2n) is 4.56. The largest absolute Gasteiger partial charge is 0.337 e. The van der Waals surface area contributed by atoms with Crippen LogP contribution in [0.15, 0.2) is 36.7 Å². The number of fused-ring (bicyclic) bond motifs is 1. The number of aryl methyl sites for hydroxylation is 1. The van der Waals surface area contributed by atoms with Crippen LogP contribution in [-0.4, -0.2) is 9.24 Å². The first-order valence-corrected chi connectivity index (χ1v) is 6.28. The van der Waals surface area contributed by atoms with Gasteiger partial charge in [0.2, 0.25) is 0 Å². The van der Waals surface area contributed by atoms with Gasteiger partial charge in [0.15, 0.2) is 4.77 Å². The average Bonchev–Trinajstić information content (AvgIpc) is 2.70. The lowest BCUT2D eigenvalue weighted by atomic mass is 9.88. The Morgan fingerprint density at radius 1 is 1.18 bits per heavy atom. The number of aromatic nitrogens is 2. The SMILES string of the molecule is Nn1ccn(C2CCc3ccccc3C2)c1=S. The van der Waals surface area contributed by atoms with Crippen molar-refractivity contribution in [2.45, 2.75) is 25.3 Å². The van der Waals surface area contributed by atoms with E-state index in [1.54, 1.807) is 0 Å². The predicted octanol–water partition coefficient (Wildman–Crippen LogP) is 2.46. The summed E-state index contributed by atoms with van der Waals surface area (Å²) in [5.41, 5.74) is 2.91. The van der Waals surface area contributed by atoms with Gasteiger partial charge in [-0.1, -0.05) is 24.3 Å². The number of hydrogen-bond acceptors (Lipinski definition) is 2. The van der Waals surface area contributed by atoms with Crippen molar-refractivity contribution in [3.05, 3.63) is 52.6 Å². The van der Waals surface area contributed by atoms with E-state index in [9.17, 15) is 0 Å². The molecule has 0 aliphatic heterocycles. The van der Waals surface area contributed by atoms with Gasteiger partial charge < -0.3 is 10.4 Å². The van der Waals surface area contributed by atoms with Crippen molar-refractivity contribution in [1.82, 2.24) is 9.24 Å². The number of imidazole rings is 1. The maximum atomic E-state index is 5.73. The first kappa shape index (κ1) is 10.6. The fourth-order valence-corrected chi connectivity index (χ4v) is 2.87. The molecular weight excluding hydrogens is 230 g/mol. The Kier molecular flexibility index (Phi) is 2.52. The molecule has 0 spiro atoms. The Hall–Kier alpha value is -1.55. The molecule has 88 valence electrons. The molecule has 0 amide bonds. The van der Waals surface area contributed by atoms with Gasteiger partial charge in [-0.15, -0.1) is 0 Å². The zero-order valence-corrected chi connectivity index (χ0v) is 10.4. The third kappa shape index (κ3) is 1.78. The molecule has 2 N–H and O–H groups in total. The summed E-state index contributed by atoms with van der Waals surface area (Å²) in [4.78, 5) is 0. The van der Waals surface area contributed by atoms with Gasteiger partial charge in [-0.25, -0.2) is 4.68 Å². The first-order valence-electron chi connectivity index (χ1n) is 5.87. The molecule has 1 aromatic carbocycles. The molecule has 0 fully saturated rings. The van der Waals surface area contributed by atoms with Gasteiger partial charge in [0, 0.05) is 18.4 Å². The molecular formula is C13H15N3S. The molecule has 17 heavy (non-hydrogen) atoms. The number of hydrogen-bond donors (Lipinski definition) is 1. The topological polar surface area (TPSA) is 35.9 Å². The van der Waals surface area contributed by atoms with Crippen molar-refractivity contribution in [3.63, 3.8) is 0 Å². The molecule has 2 aromatic rings. The van der Waals surface area contributed by atoms with Gasteiger partial charge in [0.05, 0.1) is 0 Å². The van der Waals surface area contributed by atoms with Gasteiger partial charge in [-0.3, -0.25) is 0 Å². The minimum absolute atomic E-state index is 0.446. The number of rotatable bonds is 1. The van der Waals surface area contributed by atoms with Gasteiger partial charge >= 0.3 is 0 Å². The number of benzene rings is 1. The molecule has 3 rings (SSSR count). The summed E-state index contributed by atoms with van der Waals surface area (Å²) in [7, 11) is 0. The summed E-state index contributed by atoms with van der Waals surface area (Å²) in [6.45, 7) is 0. The summed E-state index contributed by atoms with van der Waals surface area (Å²) in [6.07, 6.45) is 7.12. The summed E-state index contributed by atoms with van der Waals surface area (Å²) in [6, 6.07) is 9.10. The summed E-state index contributed by atoms with van der Waals surface area (Å²) in [5, 5.41) is 0. The van der Waals surface area contributed by atoms with Gasteiger partial charge in [-0.2, -0.15) is 0 Å². The van der Waals surface area contributed by atoms with Crippen molar-refractivity contribution in [2.24, 2.45) is 0 Å². The average molecular weight is 245 g/mol. The van der Waals surface area contributed by atoms with Crippen LogP contribution < -0.4 is 5.84 Å². The summed E-state index contributed by atoms with van der Waals surface area (Å²) >= 11 is 5.31. The van der Waals surface area contributed by atoms with Crippen molar-refractivity contribution in [2.75, 3.05) is 5.84 Å². The normalized spacial score (nSPS) is 18.9. The minimum Gasteiger partial charge on any atom is -0.337 e. The number of nitrogens with zero attached hydrogens (tertiary/aromatic N) is 2. The van der Waals surface area contributed by atoms with Crippen LogP contribution in [0.2, 0.25) is 0 Å². The number of nitrogen functional groups attached to an aromatic ring is 1. The van der Waals surface area contributed by atoms with Crippen LogP contribution in [0.5, 0.6) is 0 Å². The first-order chi connectivity index (χ1) is 8.25. The van der Waals surface area contributed by atoms with Crippen LogP contribution in [0.25, 0.3) is 0 Å². The minimum atomic E-state index is 0.446. The summed E-state index contributed by atoms with van der Waals surface area (Å²) < 4.78 is 4.33. The van der Waals surface area contributed by atoms with E-state index in [0.29, 0.717) is 10.8 Å². The van der Waals surface area contributed by atoms with Crippen molar-refractivity contribution < 1.29 is 0 Å². The van der Waals surface area contributed by atoms with Crippen LogP contribution >= 0.6 is 12.2 Å². The molecule has 0 radical (unpaired) electrons. The van der Waals surface area contributed by atoms with Crippen LogP contribution in [-0.2, 0) is 12.8 Å². The maximum Gasteiger partial charge on any atom is 0.198 e. The van der Waals surface area contributed by atoms with E-state index < -0.39 is 0 Å². The monoisotopic (exact) mass is 245 g/mol. The third-order valence-corrected chi connectivity index (χ3v) is 3.97. The van der Waals surface area contributed by atoms with E-state index >= 15 is 0 Å². The van der Waals surface area contributed by atoms with E-state index in [-0.39, 0.29) is 0 Å². The van der Waals surface area contributed by atoms with E-state index in [0.717, 1.165) is 19.3 Å². The van der Waals surface area contributed by atoms with Gasteiger partial charge in [0.25, 0.3) is 0 Å². The fraction of sp³-hybridized carbons (Fsp3) is 0.308. The van der Waals surface area contributed by atoms with E-state index in [1.807, 2.05) is 12.4 Å². The Bertz CT molecular complexity index is 597. The lowest BCUT2D eigenvalue weighted by Gasteiger charge is -2.25. The van der Waals surface area contributed by atoms with E-state index in [4.69, 9.17) is 18.1 Å². The zero-order valence-electron chi connectivity index (χ0n) is 9.54. The second-order valence-corrected chi connectivity index (χ2v) is 4.93. The lowest BCUT2D eigenvalue weighted by molar-refractivity contribution is 0.436. The van der Waals surface area contributed by atoms with Crippen LogP contribution in [0, 0.1) is 4.77 Å². The molecule has 1 aliphatic carbocycles. The Balaban J connectivity index is 1.94. The summed E-state index contributed by atoms with van der Waals surface area (Å²) in [5.74, 6) is 5.73.